The van der Waals surface area contributed by atoms with E-state index in [1.54, 1.807) is 0 Å². The van der Waals surface area contributed by atoms with Crippen molar-refractivity contribution in [3.63, 3.8) is 0 Å². The summed E-state index contributed by atoms with van der Waals surface area (Å²) in [5.41, 5.74) is 1.03. The summed E-state index contributed by atoms with van der Waals surface area (Å²) < 4.78 is 0. The van der Waals surface area contributed by atoms with Crippen molar-refractivity contribution < 1.29 is 4.79 Å². The number of nitrogens with zero attached hydrogens (tertiary/aromatic N) is 1. The van der Waals surface area contributed by atoms with Gasteiger partial charge in [-0.1, -0.05) is 67.2 Å². The van der Waals surface area contributed by atoms with Gasteiger partial charge < -0.3 is 10.2 Å². The van der Waals surface area contributed by atoms with Crippen molar-refractivity contribution >= 4 is 5.91 Å². The predicted octanol–water partition coefficient (Wildman–Crippen LogP) is 3.24. The van der Waals surface area contributed by atoms with Gasteiger partial charge in [-0.05, 0) is 25.0 Å². The maximum absolute atomic E-state index is 13.0. The summed E-state index contributed by atoms with van der Waals surface area (Å²) in [5, 5.41) is 2.93. The third-order valence-corrected chi connectivity index (χ3v) is 4.14. The minimum Gasteiger partial charge on any atom is -0.334 e. The van der Waals surface area contributed by atoms with Gasteiger partial charge in [0.05, 0.1) is 0 Å². The fourth-order valence-electron chi connectivity index (χ4n) is 3.36. The molecule has 3 rings (SSSR count). The molecule has 1 aliphatic rings. The van der Waals surface area contributed by atoms with Crippen molar-refractivity contribution in [1.29, 1.82) is 0 Å². The second kappa shape index (κ2) is 5.34. The van der Waals surface area contributed by atoms with Crippen molar-refractivity contribution in [3.8, 4) is 0 Å². The molecular weight excluding hydrogens is 272 g/mol. The Kier molecular flexibility index (Phi) is 3.49. The van der Waals surface area contributed by atoms with Crippen molar-refractivity contribution in [2.24, 2.45) is 0 Å². The highest BCUT2D eigenvalue weighted by atomic mass is 16.2. The predicted molar refractivity (Wildman–Crippen MR) is 87.9 cm³/mol. The molecule has 0 saturated carbocycles. The summed E-state index contributed by atoms with van der Waals surface area (Å²) >= 11 is 0. The lowest BCUT2D eigenvalue weighted by Crippen LogP contribution is -2.49. The lowest BCUT2D eigenvalue weighted by Gasteiger charge is -2.40. The van der Waals surface area contributed by atoms with E-state index in [-0.39, 0.29) is 11.9 Å². The Labute approximate surface area is 131 Å². The van der Waals surface area contributed by atoms with Gasteiger partial charge in [0.1, 0.15) is 5.82 Å². The number of hydrogen-bond donors (Lipinski definition) is 1. The molecule has 0 spiro atoms. The quantitative estimate of drug-likeness (QED) is 0.942. The van der Waals surface area contributed by atoms with Crippen molar-refractivity contribution in [1.82, 2.24) is 10.2 Å². The summed E-state index contributed by atoms with van der Waals surface area (Å²) in [5.74, 6) is 0.594. The first-order valence-corrected chi connectivity index (χ1v) is 7.49. The van der Waals surface area contributed by atoms with Gasteiger partial charge in [-0.15, -0.1) is 0 Å². The number of carbonyl (C=O) groups is 1. The van der Waals surface area contributed by atoms with E-state index in [2.05, 4.69) is 30.6 Å². The molecule has 3 nitrogen and oxygen atoms in total. The molecule has 2 aromatic rings. The van der Waals surface area contributed by atoms with E-state index in [1.165, 1.54) is 0 Å². The van der Waals surface area contributed by atoms with Gasteiger partial charge in [-0.2, -0.15) is 0 Å². The molecule has 0 atom stereocenters. The van der Waals surface area contributed by atoms with E-state index in [0.29, 0.717) is 5.82 Å². The number of nitrogens with one attached hydrogen (secondary N) is 1. The van der Waals surface area contributed by atoms with Crippen LogP contribution in [0.15, 0.2) is 73.1 Å². The minimum atomic E-state index is -0.867. The van der Waals surface area contributed by atoms with E-state index in [1.807, 2.05) is 60.7 Å². The fraction of sp³-hybridized carbons (Fsp3) is 0.211. The van der Waals surface area contributed by atoms with Gasteiger partial charge in [0.15, 0.2) is 5.54 Å². The molecule has 1 fully saturated rings. The Balaban J connectivity index is 2.33. The Morgan fingerprint density at radius 2 is 1.41 bits per heavy atom. The normalized spacial score (nSPS) is 17.0. The maximum atomic E-state index is 13.0. The topological polar surface area (TPSA) is 32.3 Å². The zero-order chi connectivity index (χ0) is 15.7. The second-order valence-electron chi connectivity index (χ2n) is 5.81. The average Bonchev–Trinajstić information content (AvgIpc) is 2.80. The lowest BCUT2D eigenvalue weighted by molar-refractivity contribution is -0.125. The molecule has 1 saturated heterocycles. The van der Waals surface area contributed by atoms with Crippen LogP contribution in [0.3, 0.4) is 0 Å². The maximum Gasteiger partial charge on any atom is 0.260 e. The second-order valence-corrected chi connectivity index (χ2v) is 5.81. The van der Waals surface area contributed by atoms with Crippen molar-refractivity contribution in [2.45, 2.75) is 25.4 Å². The third kappa shape index (κ3) is 1.93. The standard InChI is InChI=1S/C19H20N2O/c1-14(2)21-15(3)20-18(22)19(21,16-10-6-4-7-11-16)17-12-8-5-9-13-17/h4-14H,3H2,1-2H3,(H,20,22). The molecule has 1 N–H and O–H groups in total. The van der Waals surface area contributed by atoms with Crippen LogP contribution in [0.1, 0.15) is 25.0 Å². The highest BCUT2D eigenvalue weighted by molar-refractivity contribution is 5.95. The summed E-state index contributed by atoms with van der Waals surface area (Å²) in [6.45, 7) is 8.20. The Morgan fingerprint density at radius 1 is 0.955 bits per heavy atom. The monoisotopic (exact) mass is 292 g/mol. The van der Waals surface area contributed by atoms with Crippen LogP contribution >= 0.6 is 0 Å². The molecule has 0 radical (unpaired) electrons. The number of hydrogen-bond acceptors (Lipinski definition) is 2. The fourth-order valence-corrected chi connectivity index (χ4v) is 3.36. The van der Waals surface area contributed by atoms with Crippen LogP contribution in [0, 0.1) is 0 Å². The molecule has 1 amide bonds. The Hall–Kier alpha value is -2.55. The SMILES string of the molecule is C=C1NC(=O)C(c2ccccc2)(c2ccccc2)N1C(C)C. The van der Waals surface area contributed by atoms with Crippen LogP contribution in [0.2, 0.25) is 0 Å². The average molecular weight is 292 g/mol. The highest BCUT2D eigenvalue weighted by Crippen LogP contribution is 2.43. The van der Waals surface area contributed by atoms with Crippen molar-refractivity contribution in [2.75, 3.05) is 0 Å². The molecule has 3 heteroatoms. The first kappa shape index (κ1) is 14.4. The van der Waals surface area contributed by atoms with Crippen LogP contribution in [0.5, 0.6) is 0 Å². The molecule has 1 heterocycles. The largest absolute Gasteiger partial charge is 0.334 e. The zero-order valence-corrected chi connectivity index (χ0v) is 12.9. The number of benzene rings is 2. The first-order valence-electron chi connectivity index (χ1n) is 7.49. The smallest absolute Gasteiger partial charge is 0.260 e. The minimum absolute atomic E-state index is 0.0522. The lowest BCUT2D eigenvalue weighted by atomic mass is 9.81. The van der Waals surface area contributed by atoms with Gasteiger partial charge >= 0.3 is 0 Å². The summed E-state index contributed by atoms with van der Waals surface area (Å²) in [7, 11) is 0. The van der Waals surface area contributed by atoms with Gasteiger partial charge in [0.2, 0.25) is 0 Å². The molecule has 112 valence electrons. The van der Waals surface area contributed by atoms with E-state index < -0.39 is 5.54 Å². The van der Waals surface area contributed by atoms with E-state index >= 15 is 0 Å². The van der Waals surface area contributed by atoms with Crippen LogP contribution in [0.4, 0.5) is 0 Å². The molecule has 22 heavy (non-hydrogen) atoms. The van der Waals surface area contributed by atoms with E-state index in [0.717, 1.165) is 11.1 Å². The van der Waals surface area contributed by atoms with E-state index in [4.69, 9.17) is 0 Å². The van der Waals surface area contributed by atoms with Crippen LogP contribution in [-0.2, 0) is 10.3 Å². The number of carbonyl (C=O) groups excluding carboxylic acids is 1. The van der Waals surface area contributed by atoms with E-state index in [9.17, 15) is 4.79 Å². The Morgan fingerprint density at radius 3 is 1.82 bits per heavy atom. The molecule has 0 bridgehead atoms. The van der Waals surface area contributed by atoms with Crippen LogP contribution in [0.25, 0.3) is 0 Å². The van der Waals surface area contributed by atoms with Crippen molar-refractivity contribution in [3.05, 3.63) is 84.2 Å². The van der Waals surface area contributed by atoms with Crippen LogP contribution < -0.4 is 5.32 Å². The Bertz CT molecular complexity index is 652. The van der Waals surface area contributed by atoms with Crippen LogP contribution in [-0.4, -0.2) is 16.8 Å². The molecule has 1 aliphatic heterocycles. The highest BCUT2D eigenvalue weighted by Gasteiger charge is 2.53. The van der Waals surface area contributed by atoms with Gasteiger partial charge in [0, 0.05) is 6.04 Å². The van der Waals surface area contributed by atoms with Gasteiger partial charge in [-0.3, -0.25) is 4.79 Å². The molecule has 0 aliphatic carbocycles. The molecule has 0 unspecified atom stereocenters. The molecular formula is C19H20N2O. The number of amides is 1. The first-order chi connectivity index (χ1) is 10.6. The molecule has 2 aromatic carbocycles. The van der Waals surface area contributed by atoms with Gasteiger partial charge in [0.25, 0.3) is 5.91 Å². The summed E-state index contributed by atoms with van der Waals surface area (Å²) in [4.78, 5) is 15.1. The molecule has 0 aromatic heterocycles. The number of rotatable bonds is 3. The summed E-state index contributed by atoms with van der Waals surface area (Å²) in [6, 6.07) is 19.9. The van der Waals surface area contributed by atoms with Gasteiger partial charge in [-0.25, -0.2) is 0 Å². The zero-order valence-electron chi connectivity index (χ0n) is 12.9. The third-order valence-electron chi connectivity index (χ3n) is 4.14. The summed E-state index contributed by atoms with van der Waals surface area (Å²) in [6.07, 6.45) is 0.